The SMILES string of the molecule is Nc1cc2c3c(ccc2cn1)CCC3. The van der Waals surface area contributed by atoms with Gasteiger partial charge in [-0.3, -0.25) is 0 Å². The maximum atomic E-state index is 5.71. The number of nitrogens with two attached hydrogens (primary N) is 1. The van der Waals surface area contributed by atoms with Crippen LogP contribution in [0.3, 0.4) is 0 Å². The molecule has 0 unspecified atom stereocenters. The van der Waals surface area contributed by atoms with E-state index in [2.05, 4.69) is 17.1 Å². The molecule has 14 heavy (non-hydrogen) atoms. The van der Waals surface area contributed by atoms with Gasteiger partial charge in [-0.15, -0.1) is 0 Å². The lowest BCUT2D eigenvalue weighted by Gasteiger charge is -2.05. The van der Waals surface area contributed by atoms with Crippen LogP contribution in [0.4, 0.5) is 5.82 Å². The molecule has 0 amide bonds. The monoisotopic (exact) mass is 184 g/mol. The topological polar surface area (TPSA) is 38.9 Å². The molecule has 0 saturated carbocycles. The fourth-order valence-electron chi connectivity index (χ4n) is 2.33. The van der Waals surface area contributed by atoms with Crippen molar-refractivity contribution in [2.75, 3.05) is 5.73 Å². The Balaban J connectivity index is 2.41. The van der Waals surface area contributed by atoms with Crippen LogP contribution in [0.2, 0.25) is 0 Å². The van der Waals surface area contributed by atoms with E-state index in [4.69, 9.17) is 5.73 Å². The molecule has 2 heteroatoms. The summed E-state index contributed by atoms with van der Waals surface area (Å²) in [6, 6.07) is 6.37. The number of nitrogen functional groups attached to an aromatic ring is 1. The first-order valence-corrected chi connectivity index (χ1v) is 5.00. The average molecular weight is 184 g/mol. The van der Waals surface area contributed by atoms with Gasteiger partial charge in [0.1, 0.15) is 5.82 Å². The number of nitrogens with zero attached hydrogens (tertiary/aromatic N) is 1. The van der Waals surface area contributed by atoms with Gasteiger partial charge >= 0.3 is 0 Å². The van der Waals surface area contributed by atoms with Crippen LogP contribution in [0.1, 0.15) is 17.5 Å². The molecule has 0 radical (unpaired) electrons. The van der Waals surface area contributed by atoms with Crippen molar-refractivity contribution in [1.82, 2.24) is 4.98 Å². The molecule has 3 rings (SSSR count). The molecule has 1 aliphatic carbocycles. The highest BCUT2D eigenvalue weighted by Crippen LogP contribution is 2.29. The summed E-state index contributed by atoms with van der Waals surface area (Å²) in [6.45, 7) is 0. The second kappa shape index (κ2) is 2.71. The molecule has 0 atom stereocenters. The standard InChI is InChI=1S/C12H12N2/c13-12-6-11-9(7-14-12)5-4-8-2-1-3-10(8)11/h4-7H,1-3H2,(H2,13,14). The summed E-state index contributed by atoms with van der Waals surface area (Å²) in [5.74, 6) is 0.623. The van der Waals surface area contributed by atoms with E-state index in [0.717, 1.165) is 0 Å². The fourth-order valence-corrected chi connectivity index (χ4v) is 2.33. The number of hydrogen-bond acceptors (Lipinski definition) is 2. The summed E-state index contributed by atoms with van der Waals surface area (Å²) in [7, 11) is 0. The molecule has 1 aromatic carbocycles. The minimum Gasteiger partial charge on any atom is -0.384 e. The Labute approximate surface area is 82.8 Å². The highest BCUT2D eigenvalue weighted by molar-refractivity contribution is 5.88. The van der Waals surface area contributed by atoms with E-state index in [-0.39, 0.29) is 0 Å². The number of rotatable bonds is 0. The predicted molar refractivity (Wildman–Crippen MR) is 58.2 cm³/mol. The van der Waals surface area contributed by atoms with Crippen LogP contribution in [-0.4, -0.2) is 4.98 Å². The average Bonchev–Trinajstić information content (AvgIpc) is 2.65. The van der Waals surface area contributed by atoms with E-state index in [1.54, 1.807) is 0 Å². The van der Waals surface area contributed by atoms with Crippen molar-refractivity contribution in [3.63, 3.8) is 0 Å². The van der Waals surface area contributed by atoms with Crippen molar-refractivity contribution in [2.45, 2.75) is 19.3 Å². The van der Waals surface area contributed by atoms with E-state index >= 15 is 0 Å². The van der Waals surface area contributed by atoms with E-state index in [1.165, 1.54) is 41.2 Å². The maximum absolute atomic E-state index is 5.71. The number of fused-ring (bicyclic) bond motifs is 3. The molecule has 2 nitrogen and oxygen atoms in total. The molecule has 0 saturated heterocycles. The number of pyridine rings is 1. The molecule has 1 aromatic heterocycles. The van der Waals surface area contributed by atoms with E-state index < -0.39 is 0 Å². The lowest BCUT2D eigenvalue weighted by Crippen LogP contribution is -1.91. The van der Waals surface area contributed by atoms with Gasteiger partial charge in [0.15, 0.2) is 0 Å². The summed E-state index contributed by atoms with van der Waals surface area (Å²) in [6.07, 6.45) is 5.55. The van der Waals surface area contributed by atoms with Crippen LogP contribution in [0, 0.1) is 0 Å². The molecule has 1 heterocycles. The number of benzene rings is 1. The van der Waals surface area contributed by atoms with Gasteiger partial charge in [0.05, 0.1) is 0 Å². The minimum absolute atomic E-state index is 0.623. The third-order valence-corrected chi connectivity index (χ3v) is 3.01. The molecular weight excluding hydrogens is 172 g/mol. The summed E-state index contributed by atoms with van der Waals surface area (Å²) < 4.78 is 0. The lowest BCUT2D eigenvalue weighted by molar-refractivity contribution is 0.913. The van der Waals surface area contributed by atoms with Crippen molar-refractivity contribution >= 4 is 16.6 Å². The molecule has 2 aromatic rings. The Morgan fingerprint density at radius 3 is 3.07 bits per heavy atom. The molecule has 2 N–H and O–H groups in total. The Kier molecular flexibility index (Phi) is 1.51. The zero-order valence-electron chi connectivity index (χ0n) is 7.96. The smallest absolute Gasteiger partial charge is 0.123 e. The largest absolute Gasteiger partial charge is 0.384 e. The molecule has 1 aliphatic rings. The molecular formula is C12H12N2. The highest BCUT2D eigenvalue weighted by atomic mass is 14.8. The third kappa shape index (κ3) is 1.00. The molecule has 70 valence electrons. The quantitative estimate of drug-likeness (QED) is 0.682. The Bertz CT molecular complexity index is 503. The van der Waals surface area contributed by atoms with Gasteiger partial charge in [-0.1, -0.05) is 12.1 Å². The molecule has 0 fully saturated rings. The first kappa shape index (κ1) is 7.80. The Morgan fingerprint density at radius 1 is 1.21 bits per heavy atom. The van der Waals surface area contributed by atoms with Gasteiger partial charge < -0.3 is 5.73 Å². The lowest BCUT2D eigenvalue weighted by atomic mass is 10.0. The molecule has 0 spiro atoms. The zero-order chi connectivity index (χ0) is 9.54. The Morgan fingerprint density at radius 2 is 2.14 bits per heavy atom. The highest BCUT2D eigenvalue weighted by Gasteiger charge is 2.13. The minimum atomic E-state index is 0.623. The number of aromatic nitrogens is 1. The Hall–Kier alpha value is -1.57. The van der Waals surface area contributed by atoms with Crippen molar-refractivity contribution in [2.24, 2.45) is 0 Å². The fraction of sp³-hybridized carbons (Fsp3) is 0.250. The van der Waals surface area contributed by atoms with Crippen LogP contribution in [0.5, 0.6) is 0 Å². The van der Waals surface area contributed by atoms with Crippen LogP contribution in [0.25, 0.3) is 10.8 Å². The second-order valence-corrected chi connectivity index (χ2v) is 3.89. The van der Waals surface area contributed by atoms with E-state index in [1.807, 2.05) is 12.3 Å². The van der Waals surface area contributed by atoms with Crippen molar-refractivity contribution < 1.29 is 0 Å². The summed E-state index contributed by atoms with van der Waals surface area (Å²) >= 11 is 0. The predicted octanol–water partition coefficient (Wildman–Crippen LogP) is 2.31. The van der Waals surface area contributed by atoms with Gasteiger partial charge in [0.2, 0.25) is 0 Å². The zero-order valence-corrected chi connectivity index (χ0v) is 7.96. The normalized spacial score (nSPS) is 14.6. The van der Waals surface area contributed by atoms with E-state index in [9.17, 15) is 0 Å². The van der Waals surface area contributed by atoms with Gasteiger partial charge in [0, 0.05) is 11.6 Å². The van der Waals surface area contributed by atoms with Gasteiger partial charge in [0.25, 0.3) is 0 Å². The summed E-state index contributed by atoms with van der Waals surface area (Å²) in [5.41, 5.74) is 8.68. The van der Waals surface area contributed by atoms with Crippen LogP contribution >= 0.6 is 0 Å². The van der Waals surface area contributed by atoms with Crippen LogP contribution < -0.4 is 5.73 Å². The van der Waals surface area contributed by atoms with Crippen LogP contribution in [-0.2, 0) is 12.8 Å². The molecule has 0 aliphatic heterocycles. The number of anilines is 1. The summed E-state index contributed by atoms with van der Waals surface area (Å²) in [4.78, 5) is 4.11. The number of hydrogen-bond donors (Lipinski definition) is 1. The van der Waals surface area contributed by atoms with Crippen molar-refractivity contribution in [1.29, 1.82) is 0 Å². The first-order chi connectivity index (χ1) is 6.84. The molecule has 0 bridgehead atoms. The van der Waals surface area contributed by atoms with Gasteiger partial charge in [-0.25, -0.2) is 4.98 Å². The van der Waals surface area contributed by atoms with Gasteiger partial charge in [-0.2, -0.15) is 0 Å². The maximum Gasteiger partial charge on any atom is 0.123 e. The van der Waals surface area contributed by atoms with Crippen LogP contribution in [0.15, 0.2) is 24.4 Å². The van der Waals surface area contributed by atoms with E-state index in [0.29, 0.717) is 5.82 Å². The second-order valence-electron chi connectivity index (χ2n) is 3.89. The van der Waals surface area contributed by atoms with Crippen molar-refractivity contribution in [3.05, 3.63) is 35.5 Å². The van der Waals surface area contributed by atoms with Crippen molar-refractivity contribution in [3.8, 4) is 0 Å². The van der Waals surface area contributed by atoms with Gasteiger partial charge in [-0.05, 0) is 41.8 Å². The summed E-state index contributed by atoms with van der Waals surface area (Å²) in [5, 5.41) is 2.51. The third-order valence-electron chi connectivity index (χ3n) is 3.01. The number of aryl methyl sites for hydroxylation is 2. The first-order valence-electron chi connectivity index (χ1n) is 5.00.